The standard InChI is InChI=1S/C24H36N2O5S/c1-32(28,29)25-22-8-5-14-26(24(27)20-13-15-30-16-20)23(22)17-31-21-11-9-19(10-12-21)18-6-3-2-4-7-18/h2-4,6-7,19-23,25H,5,8-17H2,1H3/t19-,20-,21+,22-,23-/m0/s1. The molecule has 8 heteroatoms. The average Bonchev–Trinajstić information content (AvgIpc) is 3.32. The molecule has 7 nitrogen and oxygen atoms in total. The van der Waals surface area contributed by atoms with Crippen molar-refractivity contribution < 1.29 is 22.7 Å². The number of carbonyl (C=O) groups excluding carboxylic acids is 1. The van der Waals surface area contributed by atoms with Gasteiger partial charge in [0.15, 0.2) is 0 Å². The lowest BCUT2D eigenvalue weighted by Gasteiger charge is -2.43. The molecule has 1 aromatic carbocycles. The predicted octanol–water partition coefficient (Wildman–Crippen LogP) is 2.67. The van der Waals surface area contributed by atoms with Gasteiger partial charge in [0.2, 0.25) is 15.9 Å². The second-order valence-electron chi connectivity index (χ2n) is 9.52. The number of ether oxygens (including phenoxy) is 2. The van der Waals surface area contributed by atoms with Gasteiger partial charge in [-0.05, 0) is 56.4 Å². The number of sulfonamides is 1. The fourth-order valence-corrected chi connectivity index (χ4v) is 6.26. The Morgan fingerprint density at radius 1 is 1.12 bits per heavy atom. The second kappa shape index (κ2) is 10.6. The quantitative estimate of drug-likeness (QED) is 0.671. The third-order valence-electron chi connectivity index (χ3n) is 7.15. The highest BCUT2D eigenvalue weighted by Crippen LogP contribution is 2.34. The van der Waals surface area contributed by atoms with Crippen LogP contribution >= 0.6 is 0 Å². The van der Waals surface area contributed by atoms with E-state index in [9.17, 15) is 13.2 Å². The maximum Gasteiger partial charge on any atom is 0.228 e. The first-order chi connectivity index (χ1) is 15.4. The molecule has 0 spiro atoms. The first-order valence-electron chi connectivity index (χ1n) is 11.9. The summed E-state index contributed by atoms with van der Waals surface area (Å²) in [5.74, 6) is 0.519. The maximum absolute atomic E-state index is 13.2. The summed E-state index contributed by atoms with van der Waals surface area (Å²) in [6.07, 6.45) is 7.72. The number of benzene rings is 1. The maximum atomic E-state index is 13.2. The monoisotopic (exact) mass is 464 g/mol. The van der Waals surface area contributed by atoms with E-state index in [4.69, 9.17) is 9.47 Å². The van der Waals surface area contributed by atoms with Gasteiger partial charge >= 0.3 is 0 Å². The fraction of sp³-hybridized carbons (Fsp3) is 0.708. The normalized spacial score (nSPS) is 31.5. The van der Waals surface area contributed by atoms with E-state index in [1.165, 1.54) is 11.8 Å². The molecule has 1 amide bonds. The molecule has 0 unspecified atom stereocenters. The van der Waals surface area contributed by atoms with E-state index in [2.05, 4.69) is 29.0 Å². The van der Waals surface area contributed by atoms with Gasteiger partial charge in [0, 0.05) is 19.2 Å². The van der Waals surface area contributed by atoms with Crippen molar-refractivity contribution in [2.24, 2.45) is 5.92 Å². The number of carbonyl (C=O) groups is 1. The van der Waals surface area contributed by atoms with Crippen LogP contribution in [0.25, 0.3) is 0 Å². The van der Waals surface area contributed by atoms with Crippen LogP contribution in [0.2, 0.25) is 0 Å². The summed E-state index contributed by atoms with van der Waals surface area (Å²) in [7, 11) is -3.37. The molecule has 0 bridgehead atoms. The Kier molecular flexibility index (Phi) is 7.87. The topological polar surface area (TPSA) is 84.9 Å². The first-order valence-corrected chi connectivity index (χ1v) is 13.8. The molecule has 2 heterocycles. The van der Waals surface area contributed by atoms with Gasteiger partial charge in [0.1, 0.15) is 0 Å². The number of likely N-dealkylation sites (tertiary alicyclic amines) is 1. The Labute approximate surface area is 191 Å². The highest BCUT2D eigenvalue weighted by molar-refractivity contribution is 7.88. The second-order valence-corrected chi connectivity index (χ2v) is 11.3. The number of hydrogen-bond acceptors (Lipinski definition) is 5. The number of nitrogens with zero attached hydrogens (tertiary/aromatic N) is 1. The summed E-state index contributed by atoms with van der Waals surface area (Å²) < 4.78 is 38.5. The van der Waals surface area contributed by atoms with Gasteiger partial charge in [-0.1, -0.05) is 30.3 Å². The van der Waals surface area contributed by atoms with Crippen molar-refractivity contribution in [3.63, 3.8) is 0 Å². The van der Waals surface area contributed by atoms with Crippen molar-refractivity contribution in [1.29, 1.82) is 0 Å². The van der Waals surface area contributed by atoms with Gasteiger partial charge in [0.05, 0.1) is 37.5 Å². The minimum absolute atomic E-state index is 0.0730. The van der Waals surface area contributed by atoms with Crippen LogP contribution in [0, 0.1) is 5.92 Å². The number of piperidine rings is 1. The smallest absolute Gasteiger partial charge is 0.228 e. The summed E-state index contributed by atoms with van der Waals surface area (Å²) in [4.78, 5) is 15.0. The SMILES string of the molecule is CS(=O)(=O)N[C@H]1CCCN(C(=O)[C@H]2CCOC2)[C@H]1CO[C@H]1CC[C@@H](c2ccccc2)CC1. The van der Waals surface area contributed by atoms with Crippen molar-refractivity contribution >= 4 is 15.9 Å². The van der Waals surface area contributed by atoms with E-state index in [1.807, 2.05) is 11.0 Å². The number of hydrogen-bond donors (Lipinski definition) is 1. The molecule has 3 fully saturated rings. The molecule has 1 aromatic rings. The van der Waals surface area contributed by atoms with Crippen LogP contribution < -0.4 is 4.72 Å². The minimum atomic E-state index is -3.37. The first kappa shape index (κ1) is 23.7. The molecule has 32 heavy (non-hydrogen) atoms. The molecule has 1 saturated carbocycles. The Hall–Kier alpha value is -1.48. The van der Waals surface area contributed by atoms with Crippen LogP contribution in [0.15, 0.2) is 30.3 Å². The van der Waals surface area contributed by atoms with Crippen LogP contribution in [0.1, 0.15) is 56.4 Å². The van der Waals surface area contributed by atoms with E-state index in [0.717, 1.165) is 38.5 Å². The lowest BCUT2D eigenvalue weighted by molar-refractivity contribution is -0.142. The zero-order valence-electron chi connectivity index (χ0n) is 18.9. The lowest BCUT2D eigenvalue weighted by Crippen LogP contribution is -2.60. The Bertz CT molecular complexity index is 848. The Morgan fingerprint density at radius 2 is 1.88 bits per heavy atom. The molecular weight excluding hydrogens is 428 g/mol. The van der Waals surface area contributed by atoms with Gasteiger partial charge in [-0.2, -0.15) is 0 Å². The molecule has 3 aliphatic rings. The third kappa shape index (κ3) is 6.10. The highest BCUT2D eigenvalue weighted by Gasteiger charge is 2.39. The third-order valence-corrected chi connectivity index (χ3v) is 7.89. The number of amides is 1. The molecule has 1 N–H and O–H groups in total. The van der Waals surface area contributed by atoms with Crippen molar-refractivity contribution in [1.82, 2.24) is 9.62 Å². The molecule has 4 rings (SSSR count). The summed E-state index contributed by atoms with van der Waals surface area (Å²) in [5, 5.41) is 0. The molecule has 0 aromatic heterocycles. The van der Waals surface area contributed by atoms with Crippen LogP contribution in [0.4, 0.5) is 0 Å². The van der Waals surface area contributed by atoms with Gasteiger partial charge < -0.3 is 14.4 Å². The lowest BCUT2D eigenvalue weighted by atomic mass is 9.83. The minimum Gasteiger partial charge on any atom is -0.381 e. The molecule has 0 radical (unpaired) electrons. The summed E-state index contributed by atoms with van der Waals surface area (Å²) in [5.41, 5.74) is 1.39. The van der Waals surface area contributed by atoms with Crippen molar-refractivity contribution in [3.8, 4) is 0 Å². The zero-order chi connectivity index (χ0) is 22.6. The van der Waals surface area contributed by atoms with Crippen LogP contribution in [0.5, 0.6) is 0 Å². The fourth-order valence-electron chi connectivity index (χ4n) is 5.44. The highest BCUT2D eigenvalue weighted by atomic mass is 32.2. The predicted molar refractivity (Wildman–Crippen MR) is 123 cm³/mol. The summed E-state index contributed by atoms with van der Waals surface area (Å²) in [6.45, 7) is 2.08. The van der Waals surface area contributed by atoms with Crippen molar-refractivity contribution in [3.05, 3.63) is 35.9 Å². The zero-order valence-corrected chi connectivity index (χ0v) is 19.8. The molecule has 3 atom stereocenters. The largest absolute Gasteiger partial charge is 0.381 e. The molecule has 2 saturated heterocycles. The van der Waals surface area contributed by atoms with E-state index < -0.39 is 10.0 Å². The Balaban J connectivity index is 1.38. The van der Waals surface area contributed by atoms with Gasteiger partial charge in [-0.15, -0.1) is 0 Å². The molecule has 178 valence electrons. The molecule has 1 aliphatic carbocycles. The van der Waals surface area contributed by atoms with Gasteiger partial charge in [-0.3, -0.25) is 4.79 Å². The van der Waals surface area contributed by atoms with E-state index >= 15 is 0 Å². The van der Waals surface area contributed by atoms with Crippen LogP contribution in [0.3, 0.4) is 0 Å². The van der Waals surface area contributed by atoms with Crippen LogP contribution in [-0.2, 0) is 24.3 Å². The van der Waals surface area contributed by atoms with E-state index in [-0.39, 0.29) is 30.0 Å². The van der Waals surface area contributed by atoms with E-state index in [0.29, 0.717) is 38.7 Å². The summed E-state index contributed by atoms with van der Waals surface area (Å²) >= 11 is 0. The average molecular weight is 465 g/mol. The number of rotatable bonds is 7. The molecular formula is C24H36N2O5S. The van der Waals surface area contributed by atoms with Crippen molar-refractivity contribution in [2.45, 2.75) is 69.1 Å². The van der Waals surface area contributed by atoms with Crippen LogP contribution in [-0.4, -0.2) is 70.0 Å². The van der Waals surface area contributed by atoms with E-state index in [1.54, 1.807) is 0 Å². The van der Waals surface area contributed by atoms with Crippen molar-refractivity contribution in [2.75, 3.05) is 32.6 Å². The molecule has 2 aliphatic heterocycles. The van der Waals surface area contributed by atoms with Gasteiger partial charge in [0.25, 0.3) is 0 Å². The summed E-state index contributed by atoms with van der Waals surface area (Å²) in [6, 6.07) is 10.0. The van der Waals surface area contributed by atoms with Gasteiger partial charge in [-0.25, -0.2) is 13.1 Å². The Morgan fingerprint density at radius 3 is 2.53 bits per heavy atom. The number of nitrogens with one attached hydrogen (secondary N) is 1.